The van der Waals surface area contributed by atoms with Crippen LogP contribution in [0.15, 0.2) is 0 Å². The summed E-state index contributed by atoms with van der Waals surface area (Å²) >= 11 is 0. The van der Waals surface area contributed by atoms with Crippen molar-refractivity contribution in [2.24, 2.45) is 5.92 Å². The van der Waals surface area contributed by atoms with Gasteiger partial charge in [-0.25, -0.2) is 0 Å². The number of aromatic nitrogens is 2. The van der Waals surface area contributed by atoms with Crippen LogP contribution in [0.2, 0.25) is 0 Å². The Morgan fingerprint density at radius 1 is 1.36 bits per heavy atom. The number of likely N-dealkylation sites (tertiary alicyclic amines) is 1. The molecule has 3 heterocycles. The van der Waals surface area contributed by atoms with Gasteiger partial charge in [-0.3, -0.25) is 14.3 Å². The van der Waals surface area contributed by atoms with E-state index in [9.17, 15) is 9.59 Å². The monoisotopic (exact) mass is 350 g/mol. The second-order valence-corrected chi connectivity index (χ2v) is 6.74. The Kier molecular flexibility index (Phi) is 5.10. The molecule has 1 aromatic rings. The second-order valence-electron chi connectivity index (χ2n) is 6.74. The summed E-state index contributed by atoms with van der Waals surface area (Å²) in [7, 11) is 3.26. The van der Waals surface area contributed by atoms with Crippen molar-refractivity contribution in [3.63, 3.8) is 0 Å². The van der Waals surface area contributed by atoms with Gasteiger partial charge in [0.25, 0.3) is 5.91 Å². The van der Waals surface area contributed by atoms with E-state index in [1.54, 1.807) is 19.1 Å². The van der Waals surface area contributed by atoms with Crippen LogP contribution in [-0.4, -0.2) is 66.5 Å². The van der Waals surface area contributed by atoms with Crippen molar-refractivity contribution in [1.82, 2.24) is 20.0 Å². The first-order chi connectivity index (χ1) is 12.0. The van der Waals surface area contributed by atoms with Gasteiger partial charge in [0.1, 0.15) is 0 Å². The van der Waals surface area contributed by atoms with E-state index in [-0.39, 0.29) is 29.9 Å². The van der Waals surface area contributed by atoms with E-state index in [1.165, 1.54) is 0 Å². The molecule has 8 nitrogen and oxygen atoms in total. The number of fused-ring (bicyclic) bond motifs is 1. The molecule has 2 aliphatic heterocycles. The van der Waals surface area contributed by atoms with E-state index in [0.29, 0.717) is 38.4 Å². The summed E-state index contributed by atoms with van der Waals surface area (Å²) in [6.45, 7) is 5.98. The van der Waals surface area contributed by atoms with Gasteiger partial charge in [0.2, 0.25) is 5.91 Å². The van der Waals surface area contributed by atoms with Crippen LogP contribution in [0.1, 0.15) is 41.7 Å². The van der Waals surface area contributed by atoms with Crippen LogP contribution in [-0.2, 0) is 27.2 Å². The minimum Gasteiger partial charge on any atom is -0.383 e. The highest BCUT2D eigenvalue weighted by Crippen LogP contribution is 2.33. The number of carbonyl (C=O) groups excluding carboxylic acids is 2. The highest BCUT2D eigenvalue weighted by atomic mass is 16.5. The molecule has 2 amide bonds. The van der Waals surface area contributed by atoms with Gasteiger partial charge >= 0.3 is 0 Å². The smallest absolute Gasteiger partial charge is 0.274 e. The molecule has 0 aromatic carbocycles. The first kappa shape index (κ1) is 17.9. The van der Waals surface area contributed by atoms with Gasteiger partial charge < -0.3 is 19.7 Å². The van der Waals surface area contributed by atoms with Crippen LogP contribution in [0.25, 0.3) is 0 Å². The number of methoxy groups -OCH3 is 1. The van der Waals surface area contributed by atoms with Crippen molar-refractivity contribution < 1.29 is 19.1 Å². The second kappa shape index (κ2) is 7.13. The lowest BCUT2D eigenvalue weighted by Gasteiger charge is -2.37. The van der Waals surface area contributed by atoms with Crippen LogP contribution >= 0.6 is 0 Å². The summed E-state index contributed by atoms with van der Waals surface area (Å²) in [5.74, 6) is -0.247. The van der Waals surface area contributed by atoms with E-state index in [0.717, 1.165) is 11.3 Å². The summed E-state index contributed by atoms with van der Waals surface area (Å²) in [6.07, 6.45) is 0.601. The van der Waals surface area contributed by atoms with Crippen molar-refractivity contribution in [2.75, 3.05) is 33.9 Å². The van der Waals surface area contributed by atoms with Crippen LogP contribution in [0.5, 0.6) is 0 Å². The predicted octanol–water partition coefficient (Wildman–Crippen LogP) is 0.370. The topological polar surface area (TPSA) is 85.7 Å². The fourth-order valence-corrected chi connectivity index (χ4v) is 3.60. The molecule has 0 unspecified atom stereocenters. The van der Waals surface area contributed by atoms with E-state index in [2.05, 4.69) is 10.4 Å². The Morgan fingerprint density at radius 2 is 2.08 bits per heavy atom. The number of amides is 2. The van der Waals surface area contributed by atoms with Crippen LogP contribution in [0.3, 0.4) is 0 Å². The van der Waals surface area contributed by atoms with Crippen molar-refractivity contribution >= 4 is 11.8 Å². The fraction of sp³-hybridized carbons (Fsp3) is 0.706. The number of hydrogen-bond donors (Lipinski definition) is 1. The lowest BCUT2D eigenvalue weighted by atomic mass is 9.95. The number of ether oxygens (including phenoxy) is 2. The zero-order chi connectivity index (χ0) is 18.1. The zero-order valence-electron chi connectivity index (χ0n) is 15.2. The number of rotatable bonds is 5. The third kappa shape index (κ3) is 3.28. The van der Waals surface area contributed by atoms with Gasteiger partial charge in [-0.2, -0.15) is 5.10 Å². The molecule has 138 valence electrons. The normalized spacial score (nSPS) is 23.1. The average Bonchev–Trinajstić information content (AvgIpc) is 2.89. The van der Waals surface area contributed by atoms with Crippen molar-refractivity contribution in [1.29, 1.82) is 0 Å². The first-order valence-corrected chi connectivity index (χ1v) is 8.71. The molecule has 0 aliphatic carbocycles. The summed E-state index contributed by atoms with van der Waals surface area (Å²) in [6, 6.07) is 0. The molecule has 2 aliphatic rings. The van der Waals surface area contributed by atoms with E-state index in [4.69, 9.17) is 9.47 Å². The standard InChI is InChI=1S/C17H26N4O4/c1-10-7-13-14(17(23)20-8-12(9-20)16(22)18-3)19-21(5-6-24-4)15(13)11(2)25-10/h10-12H,5-9H2,1-4H3,(H,18,22)/t10-,11+/m0/s1. The SMILES string of the molecule is CNC(=O)C1CN(C(=O)c2nn(CCOC)c3c2C[C@H](C)O[C@@H]3C)C1. The highest BCUT2D eigenvalue weighted by Gasteiger charge is 2.39. The molecule has 0 spiro atoms. The van der Waals surface area contributed by atoms with Gasteiger partial charge in [0, 0.05) is 39.2 Å². The number of carbonyl (C=O) groups is 2. The number of nitrogens with one attached hydrogen (secondary N) is 1. The van der Waals surface area contributed by atoms with E-state index < -0.39 is 0 Å². The predicted molar refractivity (Wildman–Crippen MR) is 90.2 cm³/mol. The Labute approximate surface area is 147 Å². The lowest BCUT2D eigenvalue weighted by Crippen LogP contribution is -2.55. The summed E-state index contributed by atoms with van der Waals surface area (Å²) in [5.41, 5.74) is 2.42. The summed E-state index contributed by atoms with van der Waals surface area (Å²) < 4.78 is 12.9. The van der Waals surface area contributed by atoms with Gasteiger partial charge in [-0.05, 0) is 13.8 Å². The largest absolute Gasteiger partial charge is 0.383 e. The summed E-state index contributed by atoms with van der Waals surface area (Å²) in [4.78, 5) is 26.2. The Bertz CT molecular complexity index is 666. The maximum atomic E-state index is 12.9. The Morgan fingerprint density at radius 3 is 2.72 bits per heavy atom. The van der Waals surface area contributed by atoms with Crippen LogP contribution < -0.4 is 5.32 Å². The molecule has 8 heteroatoms. The number of nitrogens with zero attached hydrogens (tertiary/aromatic N) is 3. The third-order valence-electron chi connectivity index (χ3n) is 4.90. The number of hydrogen-bond acceptors (Lipinski definition) is 5. The van der Waals surface area contributed by atoms with Crippen LogP contribution in [0, 0.1) is 5.92 Å². The van der Waals surface area contributed by atoms with Gasteiger partial charge in [0.15, 0.2) is 5.69 Å². The van der Waals surface area contributed by atoms with Crippen molar-refractivity contribution in [2.45, 2.75) is 39.0 Å². The molecular weight excluding hydrogens is 324 g/mol. The quantitative estimate of drug-likeness (QED) is 0.829. The van der Waals surface area contributed by atoms with Crippen molar-refractivity contribution in [3.8, 4) is 0 Å². The van der Waals surface area contributed by atoms with Gasteiger partial charge in [-0.15, -0.1) is 0 Å². The molecule has 1 N–H and O–H groups in total. The first-order valence-electron chi connectivity index (χ1n) is 8.71. The molecule has 3 rings (SSSR count). The molecule has 1 fully saturated rings. The summed E-state index contributed by atoms with van der Waals surface area (Å²) in [5, 5.41) is 7.20. The zero-order valence-corrected chi connectivity index (χ0v) is 15.2. The average molecular weight is 350 g/mol. The molecule has 1 saturated heterocycles. The Balaban J connectivity index is 1.84. The van der Waals surface area contributed by atoms with Crippen LogP contribution in [0.4, 0.5) is 0 Å². The van der Waals surface area contributed by atoms with Gasteiger partial charge in [-0.1, -0.05) is 0 Å². The van der Waals surface area contributed by atoms with E-state index in [1.807, 2.05) is 18.5 Å². The Hall–Kier alpha value is -1.93. The maximum absolute atomic E-state index is 12.9. The lowest BCUT2D eigenvalue weighted by molar-refractivity contribution is -0.128. The highest BCUT2D eigenvalue weighted by molar-refractivity contribution is 5.96. The van der Waals surface area contributed by atoms with Gasteiger partial charge in [0.05, 0.1) is 37.0 Å². The minimum atomic E-state index is -0.124. The molecule has 25 heavy (non-hydrogen) atoms. The molecule has 0 radical (unpaired) electrons. The maximum Gasteiger partial charge on any atom is 0.274 e. The molecule has 0 bridgehead atoms. The molecule has 0 saturated carbocycles. The third-order valence-corrected chi connectivity index (χ3v) is 4.90. The molecule has 2 atom stereocenters. The minimum absolute atomic E-state index is 0.0210. The van der Waals surface area contributed by atoms with Crippen molar-refractivity contribution in [3.05, 3.63) is 17.0 Å². The molecular formula is C17H26N4O4. The molecule has 1 aromatic heterocycles. The fourth-order valence-electron chi connectivity index (χ4n) is 3.60. The van der Waals surface area contributed by atoms with E-state index >= 15 is 0 Å².